The van der Waals surface area contributed by atoms with Crippen molar-refractivity contribution in [2.45, 2.75) is 6.92 Å². The Hall–Kier alpha value is -3.87. The van der Waals surface area contributed by atoms with E-state index in [2.05, 4.69) is 15.3 Å². The number of aryl methyl sites for hydroxylation is 1. The number of hydrogen-bond donors (Lipinski definition) is 2. The van der Waals surface area contributed by atoms with Crippen LogP contribution in [0.25, 0.3) is 22.4 Å². The molecule has 4 rings (SSSR count). The number of halogens is 1. The lowest BCUT2D eigenvalue weighted by atomic mass is 10.1. The monoisotopic (exact) mass is 405 g/mol. The lowest BCUT2D eigenvalue weighted by Crippen LogP contribution is -2.12. The Labute approximate surface area is 172 Å². The third kappa shape index (κ3) is 3.69. The first-order valence-corrected chi connectivity index (χ1v) is 9.28. The summed E-state index contributed by atoms with van der Waals surface area (Å²) in [6.45, 7) is 1.90. The van der Waals surface area contributed by atoms with E-state index >= 15 is 0 Å². The number of carbonyl (C=O) groups excluding carboxylic acids is 1. The van der Waals surface area contributed by atoms with Gasteiger partial charge in [-0.25, -0.2) is 9.37 Å². The van der Waals surface area contributed by atoms with Crippen molar-refractivity contribution in [1.82, 2.24) is 9.97 Å². The third-order valence-electron chi connectivity index (χ3n) is 4.85. The number of ether oxygens (including phenoxy) is 2. The number of benzene rings is 3. The van der Waals surface area contributed by atoms with Gasteiger partial charge in [-0.3, -0.25) is 4.79 Å². The number of nitrogens with one attached hydrogen (secondary N) is 2. The molecule has 0 bridgehead atoms. The molecule has 0 fully saturated rings. The van der Waals surface area contributed by atoms with Gasteiger partial charge in [0.25, 0.3) is 5.91 Å². The molecule has 0 aliphatic carbocycles. The Morgan fingerprint density at radius 3 is 2.40 bits per heavy atom. The fourth-order valence-corrected chi connectivity index (χ4v) is 3.17. The van der Waals surface area contributed by atoms with E-state index in [4.69, 9.17) is 9.47 Å². The van der Waals surface area contributed by atoms with E-state index in [9.17, 15) is 9.18 Å². The summed E-state index contributed by atoms with van der Waals surface area (Å²) in [5, 5.41) is 2.88. The van der Waals surface area contributed by atoms with Gasteiger partial charge in [0.05, 0.1) is 25.3 Å². The molecule has 30 heavy (non-hydrogen) atoms. The highest BCUT2D eigenvalue weighted by Crippen LogP contribution is 2.33. The summed E-state index contributed by atoms with van der Waals surface area (Å²) >= 11 is 0. The first kappa shape index (κ1) is 19.4. The van der Waals surface area contributed by atoms with E-state index in [0.717, 1.165) is 22.2 Å². The highest BCUT2D eigenvalue weighted by Gasteiger charge is 2.13. The molecule has 0 aliphatic heterocycles. The van der Waals surface area contributed by atoms with Gasteiger partial charge < -0.3 is 19.8 Å². The summed E-state index contributed by atoms with van der Waals surface area (Å²) in [5.41, 5.74) is 4.28. The Balaban J connectivity index is 1.67. The molecule has 4 aromatic rings. The Bertz CT molecular complexity index is 1190. The molecule has 1 aromatic heterocycles. The molecule has 0 spiro atoms. The second-order valence-corrected chi connectivity index (χ2v) is 6.80. The standard InChI is InChI=1S/C23H20FN3O3/c1-13-4-5-15(10-17(13)27-23(28)14-6-8-16(24)9-7-14)22-25-18-11-20(29-2)21(30-3)12-19(18)26-22/h4-12H,1-3H3,(H,25,26)(H,27,28). The van der Waals surface area contributed by atoms with Crippen LogP contribution in [0.15, 0.2) is 54.6 Å². The van der Waals surface area contributed by atoms with Crippen molar-refractivity contribution in [3.05, 3.63) is 71.5 Å². The third-order valence-corrected chi connectivity index (χ3v) is 4.85. The fraction of sp³-hybridized carbons (Fsp3) is 0.130. The highest BCUT2D eigenvalue weighted by atomic mass is 19.1. The van der Waals surface area contributed by atoms with Gasteiger partial charge in [-0.2, -0.15) is 0 Å². The molecule has 0 aliphatic rings. The van der Waals surface area contributed by atoms with E-state index in [1.807, 2.05) is 31.2 Å². The first-order chi connectivity index (χ1) is 14.5. The normalized spacial score (nSPS) is 10.8. The molecule has 0 atom stereocenters. The maximum absolute atomic E-state index is 13.1. The topological polar surface area (TPSA) is 76.2 Å². The van der Waals surface area contributed by atoms with Crippen LogP contribution < -0.4 is 14.8 Å². The van der Waals surface area contributed by atoms with Gasteiger partial charge in [-0.15, -0.1) is 0 Å². The Morgan fingerprint density at radius 1 is 1.00 bits per heavy atom. The molecule has 1 amide bonds. The van der Waals surface area contributed by atoms with Crippen LogP contribution in [0.3, 0.4) is 0 Å². The number of amides is 1. The maximum atomic E-state index is 13.1. The van der Waals surface area contributed by atoms with Crippen LogP contribution in [0.2, 0.25) is 0 Å². The molecular formula is C23H20FN3O3. The van der Waals surface area contributed by atoms with Gasteiger partial charge in [0, 0.05) is 28.9 Å². The zero-order valence-electron chi connectivity index (χ0n) is 16.7. The zero-order chi connectivity index (χ0) is 21.3. The molecule has 6 nitrogen and oxygen atoms in total. The van der Waals surface area contributed by atoms with Crippen LogP contribution in [-0.4, -0.2) is 30.1 Å². The van der Waals surface area contributed by atoms with Crippen molar-refractivity contribution in [3.8, 4) is 22.9 Å². The van der Waals surface area contributed by atoms with E-state index in [1.54, 1.807) is 20.3 Å². The van der Waals surface area contributed by atoms with Crippen LogP contribution in [0, 0.1) is 12.7 Å². The van der Waals surface area contributed by atoms with E-state index in [-0.39, 0.29) is 11.7 Å². The van der Waals surface area contributed by atoms with Crippen LogP contribution >= 0.6 is 0 Å². The number of methoxy groups -OCH3 is 2. The fourth-order valence-electron chi connectivity index (χ4n) is 3.17. The number of rotatable bonds is 5. The Morgan fingerprint density at radius 2 is 1.70 bits per heavy atom. The van der Waals surface area contributed by atoms with E-state index in [0.29, 0.717) is 28.6 Å². The van der Waals surface area contributed by atoms with E-state index in [1.165, 1.54) is 24.3 Å². The van der Waals surface area contributed by atoms with Crippen LogP contribution in [0.1, 0.15) is 15.9 Å². The Kier molecular flexibility index (Phi) is 5.10. The van der Waals surface area contributed by atoms with Crippen molar-refractivity contribution in [1.29, 1.82) is 0 Å². The molecule has 0 unspecified atom stereocenters. The number of imidazole rings is 1. The van der Waals surface area contributed by atoms with Crippen molar-refractivity contribution in [3.63, 3.8) is 0 Å². The van der Waals surface area contributed by atoms with Gasteiger partial charge in [0.1, 0.15) is 11.6 Å². The molecule has 1 heterocycles. The number of fused-ring (bicyclic) bond motifs is 1. The number of anilines is 1. The molecule has 0 saturated heterocycles. The van der Waals surface area contributed by atoms with Crippen LogP contribution in [-0.2, 0) is 0 Å². The molecule has 0 saturated carbocycles. The van der Waals surface area contributed by atoms with Crippen LogP contribution in [0.5, 0.6) is 11.5 Å². The summed E-state index contributed by atoms with van der Waals surface area (Å²) in [5.74, 6) is 1.16. The predicted octanol–water partition coefficient (Wildman–Crippen LogP) is 4.95. The highest BCUT2D eigenvalue weighted by molar-refractivity contribution is 6.05. The van der Waals surface area contributed by atoms with Gasteiger partial charge in [0.2, 0.25) is 0 Å². The number of nitrogens with zero attached hydrogens (tertiary/aromatic N) is 1. The number of aromatic nitrogens is 2. The van der Waals surface area contributed by atoms with Gasteiger partial charge in [-0.05, 0) is 42.8 Å². The summed E-state index contributed by atoms with van der Waals surface area (Å²) in [6, 6.07) is 14.7. The number of hydrogen-bond acceptors (Lipinski definition) is 4. The van der Waals surface area contributed by atoms with Crippen molar-refractivity contribution >= 4 is 22.6 Å². The minimum Gasteiger partial charge on any atom is -0.493 e. The van der Waals surface area contributed by atoms with E-state index < -0.39 is 0 Å². The molecular weight excluding hydrogens is 385 g/mol. The average molecular weight is 405 g/mol. The van der Waals surface area contributed by atoms with Crippen molar-refractivity contribution < 1.29 is 18.7 Å². The number of H-pyrrole nitrogens is 1. The zero-order valence-corrected chi connectivity index (χ0v) is 16.7. The van der Waals surface area contributed by atoms with Crippen molar-refractivity contribution in [2.75, 3.05) is 19.5 Å². The molecule has 152 valence electrons. The maximum Gasteiger partial charge on any atom is 0.255 e. The molecule has 7 heteroatoms. The second-order valence-electron chi connectivity index (χ2n) is 6.80. The van der Waals surface area contributed by atoms with Gasteiger partial charge in [0.15, 0.2) is 11.5 Å². The molecule has 0 radical (unpaired) electrons. The van der Waals surface area contributed by atoms with Gasteiger partial charge in [-0.1, -0.05) is 12.1 Å². The van der Waals surface area contributed by atoms with Crippen LogP contribution in [0.4, 0.5) is 10.1 Å². The average Bonchev–Trinajstić information content (AvgIpc) is 3.17. The minimum absolute atomic E-state index is 0.311. The van der Waals surface area contributed by atoms with Crippen molar-refractivity contribution in [2.24, 2.45) is 0 Å². The SMILES string of the molecule is COc1cc2nc(-c3ccc(C)c(NC(=O)c4ccc(F)cc4)c3)[nH]c2cc1OC. The second kappa shape index (κ2) is 7.87. The minimum atomic E-state index is -0.386. The number of aromatic amines is 1. The predicted molar refractivity (Wildman–Crippen MR) is 114 cm³/mol. The lowest BCUT2D eigenvalue weighted by molar-refractivity contribution is 0.102. The smallest absolute Gasteiger partial charge is 0.255 e. The summed E-state index contributed by atoms with van der Waals surface area (Å²) < 4.78 is 23.8. The number of carbonyl (C=O) groups is 1. The first-order valence-electron chi connectivity index (χ1n) is 9.28. The quantitative estimate of drug-likeness (QED) is 0.493. The largest absolute Gasteiger partial charge is 0.493 e. The molecule has 3 aromatic carbocycles. The van der Waals surface area contributed by atoms with Gasteiger partial charge >= 0.3 is 0 Å². The summed E-state index contributed by atoms with van der Waals surface area (Å²) in [7, 11) is 3.16. The summed E-state index contributed by atoms with van der Waals surface area (Å²) in [4.78, 5) is 20.4. The summed E-state index contributed by atoms with van der Waals surface area (Å²) in [6.07, 6.45) is 0. The lowest BCUT2D eigenvalue weighted by Gasteiger charge is -2.10. The molecule has 2 N–H and O–H groups in total.